The summed E-state index contributed by atoms with van der Waals surface area (Å²) >= 11 is 0. The van der Waals surface area contributed by atoms with Gasteiger partial charge in [-0.15, -0.1) is 12.4 Å². The molecule has 27 heavy (non-hydrogen) atoms. The molecular weight excluding hydrogens is 372 g/mol. The maximum Gasteiger partial charge on any atom is 0.338 e. The molecule has 1 aliphatic rings. The molecule has 0 aromatic heterocycles. The number of amides is 1. The standard InChI is InChI=1S/C19H28N2O5.ClH/c1-12(13-6-5-7-20-11-13)8-17(22)21-15-9-14(19(23)26-4)10-16(24-2)18(15)25-3;/h9-10,12-13,20H,5-8,11H2,1-4H3,(H,21,22);1H. The average Bonchev–Trinajstić information content (AvgIpc) is 2.67. The third-order valence-corrected chi connectivity index (χ3v) is 4.82. The monoisotopic (exact) mass is 400 g/mol. The smallest absolute Gasteiger partial charge is 0.338 e. The maximum atomic E-state index is 12.5. The van der Waals surface area contributed by atoms with Crippen LogP contribution in [0.15, 0.2) is 12.1 Å². The number of hydrogen-bond donors (Lipinski definition) is 2. The van der Waals surface area contributed by atoms with Crippen molar-refractivity contribution >= 4 is 30.0 Å². The number of piperidine rings is 1. The first-order valence-electron chi connectivity index (χ1n) is 8.85. The summed E-state index contributed by atoms with van der Waals surface area (Å²) in [5.41, 5.74) is 0.677. The zero-order valence-corrected chi connectivity index (χ0v) is 17.1. The minimum atomic E-state index is -0.511. The Labute approximate surface area is 166 Å². The van der Waals surface area contributed by atoms with Crippen molar-refractivity contribution in [3.63, 3.8) is 0 Å². The average molecular weight is 401 g/mol. The number of carbonyl (C=O) groups excluding carboxylic acids is 2. The number of halogens is 1. The van der Waals surface area contributed by atoms with Crippen molar-refractivity contribution in [1.82, 2.24) is 5.32 Å². The number of nitrogens with one attached hydrogen (secondary N) is 2. The summed E-state index contributed by atoms with van der Waals surface area (Å²) < 4.78 is 15.4. The summed E-state index contributed by atoms with van der Waals surface area (Å²) in [5.74, 6) is 0.857. The highest BCUT2D eigenvalue weighted by Gasteiger charge is 2.23. The number of anilines is 1. The number of methoxy groups -OCH3 is 3. The molecule has 1 aromatic rings. The minimum Gasteiger partial charge on any atom is -0.493 e. The van der Waals surface area contributed by atoms with Gasteiger partial charge in [0.25, 0.3) is 0 Å². The molecule has 2 atom stereocenters. The van der Waals surface area contributed by atoms with Gasteiger partial charge in [0.2, 0.25) is 5.91 Å². The number of ether oxygens (including phenoxy) is 3. The molecule has 8 heteroatoms. The summed E-state index contributed by atoms with van der Waals surface area (Å²) in [6.45, 7) is 4.09. The zero-order chi connectivity index (χ0) is 19.1. The Morgan fingerprint density at radius 3 is 2.56 bits per heavy atom. The van der Waals surface area contributed by atoms with Crippen molar-refractivity contribution in [3.05, 3.63) is 17.7 Å². The molecule has 1 fully saturated rings. The Kier molecular flexibility index (Phi) is 9.38. The summed E-state index contributed by atoms with van der Waals surface area (Å²) in [7, 11) is 4.27. The first-order valence-corrected chi connectivity index (χ1v) is 8.85. The van der Waals surface area contributed by atoms with E-state index < -0.39 is 5.97 Å². The van der Waals surface area contributed by atoms with Gasteiger partial charge in [0.05, 0.1) is 32.6 Å². The molecule has 0 radical (unpaired) electrons. The third kappa shape index (κ3) is 6.01. The molecule has 2 unspecified atom stereocenters. The van der Waals surface area contributed by atoms with E-state index in [0.29, 0.717) is 29.5 Å². The minimum absolute atomic E-state index is 0. The number of carbonyl (C=O) groups is 2. The summed E-state index contributed by atoms with van der Waals surface area (Å²) in [6.07, 6.45) is 2.68. The Morgan fingerprint density at radius 2 is 2.00 bits per heavy atom. The van der Waals surface area contributed by atoms with Gasteiger partial charge in [-0.25, -0.2) is 4.79 Å². The highest BCUT2D eigenvalue weighted by molar-refractivity contribution is 5.97. The Bertz CT molecular complexity index is 647. The van der Waals surface area contributed by atoms with E-state index in [1.165, 1.54) is 33.5 Å². The molecule has 152 valence electrons. The number of rotatable bonds is 7. The van der Waals surface area contributed by atoms with Crippen molar-refractivity contribution in [3.8, 4) is 11.5 Å². The summed E-state index contributed by atoms with van der Waals surface area (Å²) in [5, 5.41) is 6.23. The van der Waals surface area contributed by atoms with Crippen LogP contribution in [0.4, 0.5) is 5.69 Å². The van der Waals surface area contributed by atoms with E-state index >= 15 is 0 Å². The molecule has 2 N–H and O–H groups in total. The number of benzene rings is 1. The van der Waals surface area contributed by atoms with Gasteiger partial charge in [-0.2, -0.15) is 0 Å². The molecule has 7 nitrogen and oxygen atoms in total. The molecule has 1 heterocycles. The van der Waals surface area contributed by atoms with Gasteiger partial charge in [-0.05, 0) is 49.9 Å². The molecule has 1 aromatic carbocycles. The third-order valence-electron chi connectivity index (χ3n) is 4.82. The van der Waals surface area contributed by atoms with Gasteiger partial charge in [0.1, 0.15) is 0 Å². The van der Waals surface area contributed by atoms with Gasteiger partial charge in [-0.1, -0.05) is 6.92 Å². The van der Waals surface area contributed by atoms with Crippen molar-refractivity contribution < 1.29 is 23.8 Å². The fraction of sp³-hybridized carbons (Fsp3) is 0.579. The Hall–Kier alpha value is -1.99. The molecule has 2 rings (SSSR count). The SMILES string of the molecule is COC(=O)c1cc(NC(=O)CC(C)C2CCCNC2)c(OC)c(OC)c1.Cl. The van der Waals surface area contributed by atoms with E-state index in [2.05, 4.69) is 17.6 Å². The molecule has 0 aliphatic carbocycles. The van der Waals surface area contributed by atoms with Crippen molar-refractivity contribution in [2.75, 3.05) is 39.7 Å². The van der Waals surface area contributed by atoms with E-state index in [0.717, 1.165) is 25.9 Å². The van der Waals surface area contributed by atoms with E-state index in [1.807, 2.05) is 0 Å². The van der Waals surface area contributed by atoms with Crippen LogP contribution in [-0.2, 0) is 9.53 Å². The fourth-order valence-corrected chi connectivity index (χ4v) is 3.32. The van der Waals surface area contributed by atoms with Crippen LogP contribution in [0.1, 0.15) is 36.5 Å². The summed E-state index contributed by atoms with van der Waals surface area (Å²) in [4.78, 5) is 24.4. The second kappa shape index (κ2) is 11.0. The topological polar surface area (TPSA) is 85.9 Å². The van der Waals surface area contributed by atoms with E-state index in [9.17, 15) is 9.59 Å². The van der Waals surface area contributed by atoms with Gasteiger partial charge in [-0.3, -0.25) is 4.79 Å². The van der Waals surface area contributed by atoms with Crippen LogP contribution in [0.2, 0.25) is 0 Å². The molecule has 0 spiro atoms. The van der Waals surface area contributed by atoms with Gasteiger partial charge in [0.15, 0.2) is 11.5 Å². The summed E-state index contributed by atoms with van der Waals surface area (Å²) in [6, 6.07) is 3.06. The lowest BCUT2D eigenvalue weighted by molar-refractivity contribution is -0.117. The predicted molar refractivity (Wildman–Crippen MR) is 106 cm³/mol. The largest absolute Gasteiger partial charge is 0.493 e. The van der Waals surface area contributed by atoms with Gasteiger partial charge in [0, 0.05) is 6.42 Å². The number of esters is 1. The van der Waals surface area contributed by atoms with Crippen LogP contribution in [0.5, 0.6) is 11.5 Å². The lowest BCUT2D eigenvalue weighted by Gasteiger charge is -2.28. The Morgan fingerprint density at radius 1 is 1.26 bits per heavy atom. The normalized spacial score (nSPS) is 17.3. The quantitative estimate of drug-likeness (QED) is 0.684. The lowest BCUT2D eigenvalue weighted by Crippen LogP contribution is -2.34. The van der Waals surface area contributed by atoms with E-state index in [-0.39, 0.29) is 29.8 Å². The van der Waals surface area contributed by atoms with Gasteiger partial charge < -0.3 is 24.8 Å². The van der Waals surface area contributed by atoms with Crippen molar-refractivity contribution in [2.45, 2.75) is 26.2 Å². The van der Waals surface area contributed by atoms with Crippen LogP contribution >= 0.6 is 12.4 Å². The molecular formula is C19H29ClN2O5. The van der Waals surface area contributed by atoms with Crippen LogP contribution in [-0.4, -0.2) is 46.3 Å². The molecule has 0 bridgehead atoms. The van der Waals surface area contributed by atoms with Crippen LogP contribution in [0.25, 0.3) is 0 Å². The molecule has 0 saturated carbocycles. The van der Waals surface area contributed by atoms with Crippen LogP contribution in [0, 0.1) is 11.8 Å². The van der Waals surface area contributed by atoms with Crippen LogP contribution in [0.3, 0.4) is 0 Å². The van der Waals surface area contributed by atoms with E-state index in [1.54, 1.807) is 0 Å². The second-order valence-electron chi connectivity index (χ2n) is 6.59. The maximum absolute atomic E-state index is 12.5. The predicted octanol–water partition coefficient (Wildman–Crippen LogP) is 2.88. The van der Waals surface area contributed by atoms with Crippen molar-refractivity contribution in [2.24, 2.45) is 11.8 Å². The molecule has 1 amide bonds. The molecule has 1 aliphatic heterocycles. The number of hydrogen-bond acceptors (Lipinski definition) is 6. The first-order chi connectivity index (χ1) is 12.5. The highest BCUT2D eigenvalue weighted by Crippen LogP contribution is 2.37. The van der Waals surface area contributed by atoms with E-state index in [4.69, 9.17) is 14.2 Å². The zero-order valence-electron chi connectivity index (χ0n) is 16.3. The first kappa shape index (κ1) is 23.0. The highest BCUT2D eigenvalue weighted by atomic mass is 35.5. The fourth-order valence-electron chi connectivity index (χ4n) is 3.32. The Balaban J connectivity index is 0.00000364. The van der Waals surface area contributed by atoms with Crippen molar-refractivity contribution in [1.29, 1.82) is 0 Å². The molecule has 1 saturated heterocycles. The van der Waals surface area contributed by atoms with Gasteiger partial charge >= 0.3 is 5.97 Å². The lowest BCUT2D eigenvalue weighted by atomic mass is 9.85. The second-order valence-corrected chi connectivity index (χ2v) is 6.59. The van der Waals surface area contributed by atoms with Crippen LogP contribution < -0.4 is 20.1 Å².